The molecular weight excluding hydrogens is 328 g/mol. The largest absolute Gasteiger partial charge is 0.375 e. The summed E-state index contributed by atoms with van der Waals surface area (Å²) < 4.78 is 43.0. The van der Waals surface area contributed by atoms with Crippen LogP contribution in [-0.2, 0) is 14.2 Å². The maximum Gasteiger partial charge on any atom is 0.293 e. The van der Waals surface area contributed by atoms with E-state index in [9.17, 15) is 8.78 Å². The third-order valence-electron chi connectivity index (χ3n) is 4.33. The Bertz CT molecular complexity index is 333. The molecule has 0 aromatic carbocycles. The van der Waals surface area contributed by atoms with Crippen LogP contribution >= 0.6 is 0 Å². The highest BCUT2D eigenvalue weighted by Gasteiger charge is 2.34. The normalized spacial score (nSPS) is 24.2. The lowest BCUT2D eigenvalue weighted by Crippen LogP contribution is -2.51. The van der Waals surface area contributed by atoms with Crippen LogP contribution in [0.25, 0.3) is 0 Å². The van der Waals surface area contributed by atoms with Crippen molar-refractivity contribution in [1.82, 2.24) is 4.90 Å². The van der Waals surface area contributed by atoms with Crippen molar-refractivity contribution in [3.8, 4) is 0 Å². The molecule has 6 heteroatoms. The van der Waals surface area contributed by atoms with Crippen LogP contribution in [-0.4, -0.2) is 69.1 Å². The van der Waals surface area contributed by atoms with Gasteiger partial charge in [-0.25, -0.2) is 8.78 Å². The number of rotatable bonds is 11. The average Bonchev–Trinajstić information content (AvgIpc) is 2.48. The van der Waals surface area contributed by atoms with Crippen LogP contribution in [0.4, 0.5) is 8.78 Å². The molecule has 1 saturated heterocycles. The van der Waals surface area contributed by atoms with Gasteiger partial charge in [-0.15, -0.1) is 0 Å². The van der Waals surface area contributed by atoms with Crippen LogP contribution in [0.15, 0.2) is 0 Å². The lowest BCUT2D eigenvalue weighted by Gasteiger charge is -2.38. The summed E-state index contributed by atoms with van der Waals surface area (Å²) in [5, 5.41) is 0. The predicted molar refractivity (Wildman–Crippen MR) is 96.3 cm³/mol. The van der Waals surface area contributed by atoms with Gasteiger partial charge in [0.15, 0.2) is 0 Å². The highest BCUT2D eigenvalue weighted by atomic mass is 19.3. The van der Waals surface area contributed by atoms with Gasteiger partial charge in [-0.05, 0) is 31.7 Å². The number of hydrogen-bond acceptors (Lipinski definition) is 4. The second-order valence-corrected chi connectivity index (χ2v) is 7.32. The lowest BCUT2D eigenvalue weighted by atomic mass is 9.84. The summed E-state index contributed by atoms with van der Waals surface area (Å²) in [7, 11) is 0. The predicted octanol–water partition coefficient (Wildman–Crippen LogP) is 3.98. The zero-order chi connectivity index (χ0) is 18.7. The van der Waals surface area contributed by atoms with Crippen LogP contribution in [0.2, 0.25) is 0 Å². The molecule has 0 amide bonds. The minimum atomic E-state index is -2.89. The molecule has 1 saturated carbocycles. The fourth-order valence-electron chi connectivity index (χ4n) is 2.76. The van der Waals surface area contributed by atoms with Gasteiger partial charge in [0, 0.05) is 26.3 Å². The summed E-state index contributed by atoms with van der Waals surface area (Å²) in [6.45, 7) is 11.3. The Morgan fingerprint density at radius 1 is 0.960 bits per heavy atom. The molecule has 4 nitrogen and oxygen atoms in total. The van der Waals surface area contributed by atoms with Gasteiger partial charge in [-0.2, -0.15) is 0 Å². The van der Waals surface area contributed by atoms with E-state index in [0.29, 0.717) is 31.7 Å². The molecule has 0 spiro atoms. The summed E-state index contributed by atoms with van der Waals surface area (Å²) in [6.07, 6.45) is 4.01. The van der Waals surface area contributed by atoms with E-state index < -0.39 is 19.1 Å². The van der Waals surface area contributed by atoms with Crippen molar-refractivity contribution in [2.45, 2.75) is 71.5 Å². The first-order valence-corrected chi connectivity index (χ1v) is 9.81. The van der Waals surface area contributed by atoms with Crippen LogP contribution < -0.4 is 0 Å². The Morgan fingerprint density at radius 3 is 2.16 bits per heavy atom. The summed E-state index contributed by atoms with van der Waals surface area (Å²) >= 11 is 0. The molecule has 2 rings (SSSR count). The first-order valence-electron chi connectivity index (χ1n) is 9.81. The molecule has 0 aromatic rings. The Hall–Kier alpha value is -0.300. The molecule has 2 aliphatic rings. The highest BCUT2D eigenvalue weighted by molar-refractivity contribution is 4.79. The van der Waals surface area contributed by atoms with Gasteiger partial charge in [0.2, 0.25) is 0 Å². The van der Waals surface area contributed by atoms with Crippen molar-refractivity contribution in [3.05, 3.63) is 0 Å². The van der Waals surface area contributed by atoms with Crippen LogP contribution in [0.3, 0.4) is 0 Å². The van der Waals surface area contributed by atoms with Gasteiger partial charge in [0.05, 0.1) is 12.2 Å². The van der Waals surface area contributed by atoms with E-state index in [1.54, 1.807) is 0 Å². The molecule has 0 unspecified atom stereocenters. The molecule has 1 aliphatic carbocycles. The van der Waals surface area contributed by atoms with E-state index in [-0.39, 0.29) is 6.10 Å². The van der Waals surface area contributed by atoms with Gasteiger partial charge in [0.25, 0.3) is 5.92 Å². The quantitative estimate of drug-likeness (QED) is 0.518. The first-order chi connectivity index (χ1) is 11.9. The lowest BCUT2D eigenvalue weighted by molar-refractivity contribution is -0.154. The summed E-state index contributed by atoms with van der Waals surface area (Å²) in [5.41, 5.74) is 0. The van der Waals surface area contributed by atoms with Gasteiger partial charge >= 0.3 is 0 Å². The standard InChI is InChI=1S/C16H29F2NO3.C3H8/c1-3-19-9-15(10-19)21-6-4-5-20-11-16(17,18)12-22-14-7-13(2)8-14;1-3-2/h13-15H,3-12H2,1-2H3;3H2,1-2H3. The number of likely N-dealkylation sites (tertiary alicyclic amines) is 1. The molecule has 0 N–H and O–H groups in total. The molecule has 0 aromatic heterocycles. The van der Waals surface area contributed by atoms with E-state index in [0.717, 1.165) is 32.5 Å². The molecule has 150 valence electrons. The van der Waals surface area contributed by atoms with Crippen molar-refractivity contribution in [2.75, 3.05) is 46.1 Å². The summed E-state index contributed by atoms with van der Waals surface area (Å²) in [4.78, 5) is 2.30. The fraction of sp³-hybridized carbons (Fsp3) is 1.00. The Labute approximate surface area is 152 Å². The Balaban J connectivity index is 0.000000970. The molecule has 25 heavy (non-hydrogen) atoms. The Kier molecular flexibility index (Phi) is 11.1. The van der Waals surface area contributed by atoms with Gasteiger partial charge in [-0.3, -0.25) is 4.90 Å². The summed E-state index contributed by atoms with van der Waals surface area (Å²) in [5.74, 6) is -2.29. The number of nitrogens with zero attached hydrogens (tertiary/aromatic N) is 1. The first kappa shape index (κ1) is 22.7. The summed E-state index contributed by atoms with van der Waals surface area (Å²) in [6, 6.07) is 0. The molecule has 0 radical (unpaired) electrons. The third-order valence-corrected chi connectivity index (χ3v) is 4.33. The monoisotopic (exact) mass is 365 g/mol. The zero-order valence-electron chi connectivity index (χ0n) is 16.4. The van der Waals surface area contributed by atoms with E-state index in [2.05, 4.69) is 32.6 Å². The molecular formula is C19H37F2NO3. The second-order valence-electron chi connectivity index (χ2n) is 7.32. The van der Waals surface area contributed by atoms with E-state index in [1.807, 2.05) is 0 Å². The molecule has 0 atom stereocenters. The molecule has 1 aliphatic heterocycles. The maximum absolute atomic E-state index is 13.5. The average molecular weight is 366 g/mol. The second kappa shape index (κ2) is 12.2. The van der Waals surface area contributed by atoms with E-state index in [1.165, 1.54) is 6.42 Å². The van der Waals surface area contributed by atoms with Crippen molar-refractivity contribution < 1.29 is 23.0 Å². The van der Waals surface area contributed by atoms with E-state index >= 15 is 0 Å². The number of alkyl halides is 2. The number of halogens is 2. The van der Waals surface area contributed by atoms with Crippen molar-refractivity contribution in [3.63, 3.8) is 0 Å². The van der Waals surface area contributed by atoms with E-state index in [4.69, 9.17) is 14.2 Å². The van der Waals surface area contributed by atoms with Crippen LogP contribution in [0, 0.1) is 5.92 Å². The van der Waals surface area contributed by atoms with Crippen molar-refractivity contribution in [1.29, 1.82) is 0 Å². The smallest absolute Gasteiger partial charge is 0.293 e. The maximum atomic E-state index is 13.5. The molecule has 0 bridgehead atoms. The zero-order valence-corrected chi connectivity index (χ0v) is 16.4. The SMILES string of the molecule is CCC.CCN1CC(OCCCOCC(F)(F)COC2CC(C)C2)C1. The van der Waals surface area contributed by atoms with Crippen molar-refractivity contribution in [2.24, 2.45) is 5.92 Å². The molecule has 1 heterocycles. The fourth-order valence-corrected chi connectivity index (χ4v) is 2.76. The van der Waals surface area contributed by atoms with Crippen LogP contribution in [0.1, 0.15) is 53.4 Å². The highest BCUT2D eigenvalue weighted by Crippen LogP contribution is 2.30. The third kappa shape index (κ3) is 9.83. The van der Waals surface area contributed by atoms with Gasteiger partial charge in [0.1, 0.15) is 13.2 Å². The molecule has 2 fully saturated rings. The minimum Gasteiger partial charge on any atom is -0.375 e. The number of likely N-dealkylation sites (N-methyl/N-ethyl adjacent to an activating group) is 1. The van der Waals surface area contributed by atoms with Gasteiger partial charge in [-0.1, -0.05) is 34.1 Å². The van der Waals surface area contributed by atoms with Crippen LogP contribution in [0.5, 0.6) is 0 Å². The van der Waals surface area contributed by atoms with Gasteiger partial charge < -0.3 is 14.2 Å². The Morgan fingerprint density at radius 2 is 1.60 bits per heavy atom. The number of ether oxygens (including phenoxy) is 3. The topological polar surface area (TPSA) is 30.9 Å². The minimum absolute atomic E-state index is 0.0134. The van der Waals surface area contributed by atoms with Crippen molar-refractivity contribution >= 4 is 0 Å². The number of hydrogen-bond donors (Lipinski definition) is 0.